The van der Waals surface area contributed by atoms with E-state index in [1.165, 1.54) is 16.3 Å². The van der Waals surface area contributed by atoms with Gasteiger partial charge in [-0.3, -0.25) is 14.7 Å². The summed E-state index contributed by atoms with van der Waals surface area (Å²) in [6.07, 6.45) is 0. The number of hydrogen-bond acceptors (Lipinski definition) is 3. The summed E-state index contributed by atoms with van der Waals surface area (Å²) in [6.45, 7) is 1.86. The summed E-state index contributed by atoms with van der Waals surface area (Å²) in [5.41, 5.74) is 1.68. The lowest BCUT2D eigenvalue weighted by Crippen LogP contribution is -2.22. The van der Waals surface area contributed by atoms with E-state index in [1.807, 2.05) is 67.6 Å². The zero-order valence-electron chi connectivity index (χ0n) is 13.8. The van der Waals surface area contributed by atoms with Gasteiger partial charge in [0.2, 0.25) is 5.91 Å². The molecular formula is C19H19N3O2S. The van der Waals surface area contributed by atoms with Crippen molar-refractivity contribution in [3.63, 3.8) is 0 Å². The number of hydrogen-bond donors (Lipinski definition) is 2. The Kier molecular flexibility index (Phi) is 5.40. The van der Waals surface area contributed by atoms with Gasteiger partial charge in [-0.05, 0) is 24.6 Å². The van der Waals surface area contributed by atoms with Crippen LogP contribution < -0.4 is 10.9 Å². The fourth-order valence-electron chi connectivity index (χ4n) is 2.33. The zero-order chi connectivity index (χ0) is 17.6. The summed E-state index contributed by atoms with van der Waals surface area (Å²) in [6, 6.07) is 20.6. The number of anilines is 1. The smallest absolute Gasteiger partial charge is 0.273 e. The highest BCUT2D eigenvalue weighted by atomic mass is 32.2. The van der Waals surface area contributed by atoms with Crippen molar-refractivity contribution in [2.45, 2.75) is 17.9 Å². The lowest BCUT2D eigenvalue weighted by Gasteiger charge is -2.11. The average Bonchev–Trinajstić information content (AvgIpc) is 3.01. The van der Waals surface area contributed by atoms with Crippen LogP contribution in [-0.2, 0) is 10.5 Å². The van der Waals surface area contributed by atoms with Crippen LogP contribution in [0, 0.1) is 0 Å². The third-order valence-corrected chi connectivity index (χ3v) is 4.92. The number of para-hydroxylation sites is 1. The molecule has 128 valence electrons. The minimum Gasteiger partial charge on any atom is -0.310 e. The number of carbonyl (C=O) groups excluding carboxylic acids is 1. The molecule has 0 fully saturated rings. The minimum absolute atomic E-state index is 0.137. The number of H-pyrrole nitrogens is 1. The number of thioether (sulfide) groups is 1. The van der Waals surface area contributed by atoms with Gasteiger partial charge in [-0.2, -0.15) is 0 Å². The van der Waals surface area contributed by atoms with Gasteiger partial charge in [-0.25, -0.2) is 4.68 Å². The molecule has 2 N–H and O–H groups in total. The van der Waals surface area contributed by atoms with Crippen LogP contribution >= 0.6 is 11.8 Å². The van der Waals surface area contributed by atoms with Crippen molar-refractivity contribution in [1.29, 1.82) is 0 Å². The first-order valence-electron chi connectivity index (χ1n) is 7.97. The van der Waals surface area contributed by atoms with E-state index in [2.05, 4.69) is 10.4 Å². The Morgan fingerprint density at radius 3 is 2.44 bits per heavy atom. The van der Waals surface area contributed by atoms with Gasteiger partial charge in [-0.1, -0.05) is 48.5 Å². The number of aromatic nitrogens is 2. The second kappa shape index (κ2) is 7.90. The molecule has 0 aliphatic rings. The summed E-state index contributed by atoms with van der Waals surface area (Å²) < 4.78 is 1.40. The fourth-order valence-corrected chi connectivity index (χ4v) is 3.18. The first-order chi connectivity index (χ1) is 12.1. The number of carbonyl (C=O) groups is 1. The monoisotopic (exact) mass is 353 g/mol. The molecule has 0 aliphatic heterocycles. The summed E-state index contributed by atoms with van der Waals surface area (Å²) >= 11 is 1.55. The van der Waals surface area contributed by atoms with Crippen LogP contribution in [0.5, 0.6) is 0 Å². The Balaban J connectivity index is 1.62. The Hall–Kier alpha value is -2.73. The molecule has 0 spiro atoms. The molecule has 1 atom stereocenters. The largest absolute Gasteiger partial charge is 0.310 e. The third-order valence-electron chi connectivity index (χ3n) is 3.70. The number of amides is 1. The number of rotatable bonds is 6. The van der Waals surface area contributed by atoms with E-state index >= 15 is 0 Å². The van der Waals surface area contributed by atoms with Crippen LogP contribution in [0.2, 0.25) is 0 Å². The van der Waals surface area contributed by atoms with E-state index < -0.39 is 0 Å². The van der Waals surface area contributed by atoms with E-state index in [0.29, 0.717) is 5.82 Å². The third kappa shape index (κ3) is 4.42. The first-order valence-corrected chi connectivity index (χ1v) is 9.02. The fraction of sp³-hybridized carbons (Fsp3) is 0.158. The van der Waals surface area contributed by atoms with Gasteiger partial charge in [0.1, 0.15) is 5.82 Å². The topological polar surface area (TPSA) is 66.9 Å². The van der Waals surface area contributed by atoms with Crippen molar-refractivity contribution in [2.75, 3.05) is 5.32 Å². The average molecular weight is 353 g/mol. The van der Waals surface area contributed by atoms with Gasteiger partial charge >= 0.3 is 0 Å². The molecule has 3 aromatic rings. The van der Waals surface area contributed by atoms with Crippen LogP contribution in [0.25, 0.3) is 5.69 Å². The molecule has 1 amide bonds. The predicted molar refractivity (Wildman–Crippen MR) is 102 cm³/mol. The standard InChI is InChI=1S/C19H19N3O2S/c1-14(25-13-15-8-4-2-5-9-15)19(24)20-17-12-18(23)22(21-17)16-10-6-3-7-11-16/h2-12,14,21H,13H2,1H3,(H,20,24). The van der Waals surface area contributed by atoms with E-state index in [9.17, 15) is 9.59 Å². The van der Waals surface area contributed by atoms with E-state index in [-0.39, 0.29) is 16.7 Å². The van der Waals surface area contributed by atoms with Gasteiger partial charge < -0.3 is 5.32 Å². The summed E-state index contributed by atoms with van der Waals surface area (Å²) in [4.78, 5) is 24.4. The number of aromatic amines is 1. The molecule has 5 nitrogen and oxygen atoms in total. The molecule has 0 saturated heterocycles. The quantitative estimate of drug-likeness (QED) is 0.713. The molecule has 1 aromatic heterocycles. The van der Waals surface area contributed by atoms with Gasteiger partial charge in [-0.15, -0.1) is 11.8 Å². The molecule has 0 bridgehead atoms. The van der Waals surface area contributed by atoms with Gasteiger partial charge in [0.05, 0.1) is 10.9 Å². The lowest BCUT2D eigenvalue weighted by atomic mass is 10.2. The maximum atomic E-state index is 12.3. The SMILES string of the molecule is CC(SCc1ccccc1)C(=O)Nc1cc(=O)n(-c2ccccc2)[nH]1. The maximum absolute atomic E-state index is 12.3. The predicted octanol–water partition coefficient (Wildman–Crippen LogP) is 3.43. The van der Waals surface area contributed by atoms with Crippen molar-refractivity contribution in [1.82, 2.24) is 9.78 Å². The van der Waals surface area contributed by atoms with Crippen LogP contribution in [-0.4, -0.2) is 20.9 Å². The number of nitrogens with zero attached hydrogens (tertiary/aromatic N) is 1. The van der Waals surface area contributed by atoms with Crippen molar-refractivity contribution in [2.24, 2.45) is 0 Å². The minimum atomic E-state index is -0.233. The Bertz CT molecular complexity index is 888. The lowest BCUT2D eigenvalue weighted by molar-refractivity contribution is -0.115. The summed E-state index contributed by atoms with van der Waals surface area (Å²) in [5, 5.41) is 5.46. The van der Waals surface area contributed by atoms with Gasteiger partial charge in [0, 0.05) is 11.8 Å². The number of nitrogens with one attached hydrogen (secondary N) is 2. The highest BCUT2D eigenvalue weighted by molar-refractivity contribution is 7.99. The molecule has 1 unspecified atom stereocenters. The summed E-state index contributed by atoms with van der Waals surface area (Å²) in [7, 11) is 0. The van der Waals surface area contributed by atoms with E-state index in [4.69, 9.17) is 0 Å². The Morgan fingerprint density at radius 1 is 1.12 bits per heavy atom. The molecular weight excluding hydrogens is 334 g/mol. The molecule has 0 saturated carbocycles. The van der Waals surface area contributed by atoms with E-state index in [0.717, 1.165) is 11.4 Å². The molecule has 2 aromatic carbocycles. The highest BCUT2D eigenvalue weighted by Crippen LogP contribution is 2.18. The van der Waals surface area contributed by atoms with E-state index in [1.54, 1.807) is 11.8 Å². The highest BCUT2D eigenvalue weighted by Gasteiger charge is 2.15. The maximum Gasteiger partial charge on any atom is 0.273 e. The summed E-state index contributed by atoms with van der Waals surface area (Å²) in [5.74, 6) is 1.02. The normalized spacial score (nSPS) is 11.9. The second-order valence-electron chi connectivity index (χ2n) is 5.61. The first kappa shape index (κ1) is 17.1. The van der Waals surface area contributed by atoms with Crippen LogP contribution in [0.15, 0.2) is 71.5 Å². The zero-order valence-corrected chi connectivity index (χ0v) is 14.6. The van der Waals surface area contributed by atoms with Crippen LogP contribution in [0.4, 0.5) is 5.82 Å². The van der Waals surface area contributed by atoms with Gasteiger partial charge in [0.15, 0.2) is 0 Å². The van der Waals surface area contributed by atoms with Crippen LogP contribution in [0.3, 0.4) is 0 Å². The molecule has 0 aliphatic carbocycles. The molecule has 1 heterocycles. The van der Waals surface area contributed by atoms with Crippen LogP contribution in [0.1, 0.15) is 12.5 Å². The van der Waals surface area contributed by atoms with Crippen molar-refractivity contribution in [3.8, 4) is 5.69 Å². The second-order valence-corrected chi connectivity index (χ2v) is 6.94. The Morgan fingerprint density at radius 2 is 1.76 bits per heavy atom. The van der Waals surface area contributed by atoms with Gasteiger partial charge in [0.25, 0.3) is 5.56 Å². The molecule has 25 heavy (non-hydrogen) atoms. The molecule has 6 heteroatoms. The van der Waals surface area contributed by atoms with Crippen molar-refractivity contribution in [3.05, 3.63) is 82.6 Å². The molecule has 0 radical (unpaired) electrons. The van der Waals surface area contributed by atoms with Crippen molar-refractivity contribution < 1.29 is 4.79 Å². The Labute approximate surface area is 150 Å². The number of benzene rings is 2. The molecule has 3 rings (SSSR count). The van der Waals surface area contributed by atoms with Crippen molar-refractivity contribution >= 4 is 23.5 Å².